The maximum atomic E-state index is 12.0. The summed E-state index contributed by atoms with van der Waals surface area (Å²) < 4.78 is 10.6. The van der Waals surface area contributed by atoms with E-state index in [0.717, 1.165) is 45.1 Å². The summed E-state index contributed by atoms with van der Waals surface area (Å²) >= 11 is 0. The molecule has 17 heavy (non-hydrogen) atoms. The molecule has 0 aromatic rings. The Kier molecular flexibility index (Phi) is 4.05. The molecule has 0 radical (unpaired) electrons. The van der Waals surface area contributed by atoms with E-state index in [1.165, 1.54) is 7.11 Å². The van der Waals surface area contributed by atoms with E-state index in [1.54, 1.807) is 0 Å². The second kappa shape index (κ2) is 5.36. The zero-order valence-corrected chi connectivity index (χ0v) is 10.6. The van der Waals surface area contributed by atoms with Gasteiger partial charge in [0.15, 0.2) is 0 Å². The molecule has 2 unspecified atom stereocenters. The number of esters is 1. The average Bonchev–Trinajstić information content (AvgIpc) is 3.07. The number of hydrogen-bond donors (Lipinski definition) is 1. The normalized spacial score (nSPS) is 27.8. The van der Waals surface area contributed by atoms with Gasteiger partial charge in [-0.1, -0.05) is 0 Å². The Labute approximate surface area is 103 Å². The predicted molar refractivity (Wildman–Crippen MR) is 64.4 cm³/mol. The highest BCUT2D eigenvalue weighted by Crippen LogP contribution is 2.49. The van der Waals surface area contributed by atoms with Crippen molar-refractivity contribution in [3.63, 3.8) is 0 Å². The average molecular weight is 241 g/mol. The Balaban J connectivity index is 1.96. The van der Waals surface area contributed by atoms with Gasteiger partial charge in [0.05, 0.1) is 18.6 Å². The first kappa shape index (κ1) is 12.8. The molecule has 2 fully saturated rings. The number of carbonyl (C=O) groups is 1. The topological polar surface area (TPSA) is 61.5 Å². The van der Waals surface area contributed by atoms with Crippen LogP contribution in [0.25, 0.3) is 0 Å². The summed E-state index contributed by atoms with van der Waals surface area (Å²) in [7, 11) is 1.46. The lowest BCUT2D eigenvalue weighted by Gasteiger charge is -2.30. The van der Waals surface area contributed by atoms with Gasteiger partial charge in [-0.2, -0.15) is 0 Å². The fraction of sp³-hybridized carbons (Fsp3) is 0.923. The van der Waals surface area contributed by atoms with Gasteiger partial charge in [0.25, 0.3) is 0 Å². The molecule has 1 aliphatic heterocycles. The molecule has 2 aliphatic rings. The number of methoxy groups -OCH3 is 1. The van der Waals surface area contributed by atoms with Gasteiger partial charge >= 0.3 is 5.97 Å². The van der Waals surface area contributed by atoms with Gasteiger partial charge in [0.2, 0.25) is 0 Å². The number of carbonyl (C=O) groups excluding carboxylic acids is 1. The van der Waals surface area contributed by atoms with Gasteiger partial charge in [0.1, 0.15) is 0 Å². The third-order valence-corrected chi connectivity index (χ3v) is 4.25. The summed E-state index contributed by atoms with van der Waals surface area (Å²) in [6.45, 7) is 1.26. The minimum atomic E-state index is -0.444. The van der Waals surface area contributed by atoms with Crippen molar-refractivity contribution in [3.8, 4) is 0 Å². The molecule has 2 atom stereocenters. The highest BCUT2D eigenvalue weighted by Gasteiger charge is 2.50. The molecule has 1 heterocycles. The van der Waals surface area contributed by atoms with Crippen LogP contribution in [0.2, 0.25) is 0 Å². The van der Waals surface area contributed by atoms with Gasteiger partial charge < -0.3 is 15.2 Å². The van der Waals surface area contributed by atoms with Crippen LogP contribution in [0.3, 0.4) is 0 Å². The van der Waals surface area contributed by atoms with Crippen molar-refractivity contribution in [1.29, 1.82) is 0 Å². The van der Waals surface area contributed by atoms with E-state index in [0.29, 0.717) is 18.6 Å². The van der Waals surface area contributed by atoms with E-state index in [9.17, 15) is 4.79 Å². The maximum Gasteiger partial charge on any atom is 0.313 e. The van der Waals surface area contributed by atoms with Crippen LogP contribution in [0, 0.1) is 11.3 Å². The monoisotopic (exact) mass is 241 g/mol. The molecule has 4 heteroatoms. The van der Waals surface area contributed by atoms with Gasteiger partial charge in [-0.15, -0.1) is 0 Å². The quantitative estimate of drug-likeness (QED) is 0.715. The first-order valence-electron chi connectivity index (χ1n) is 6.63. The Morgan fingerprint density at radius 3 is 2.71 bits per heavy atom. The summed E-state index contributed by atoms with van der Waals surface area (Å²) in [5.41, 5.74) is 5.42. The molecule has 1 aliphatic carbocycles. The van der Waals surface area contributed by atoms with Crippen molar-refractivity contribution in [3.05, 3.63) is 0 Å². The zero-order chi connectivity index (χ0) is 12.3. The lowest BCUT2D eigenvalue weighted by Crippen LogP contribution is -2.42. The Morgan fingerprint density at radius 1 is 1.47 bits per heavy atom. The van der Waals surface area contributed by atoms with Crippen LogP contribution >= 0.6 is 0 Å². The Hall–Kier alpha value is -0.610. The number of ether oxygens (including phenoxy) is 2. The molecule has 4 nitrogen and oxygen atoms in total. The molecular weight excluding hydrogens is 218 g/mol. The van der Waals surface area contributed by atoms with Crippen LogP contribution < -0.4 is 5.73 Å². The van der Waals surface area contributed by atoms with Crippen molar-refractivity contribution < 1.29 is 14.3 Å². The van der Waals surface area contributed by atoms with E-state index in [2.05, 4.69) is 0 Å². The summed E-state index contributed by atoms with van der Waals surface area (Å²) in [5.74, 6) is 0.307. The van der Waals surface area contributed by atoms with Gasteiger partial charge in [-0.25, -0.2) is 0 Å². The van der Waals surface area contributed by atoms with E-state index in [4.69, 9.17) is 15.2 Å². The van der Waals surface area contributed by atoms with Crippen molar-refractivity contribution in [2.45, 2.75) is 44.6 Å². The van der Waals surface area contributed by atoms with Crippen LogP contribution in [0.15, 0.2) is 0 Å². The standard InChI is InChI=1S/C13H23NO3/c1-16-12(15)13(9-14,10-4-5-10)7-6-11-3-2-8-17-11/h10-11H,2-9,14H2,1H3. The lowest BCUT2D eigenvalue weighted by molar-refractivity contribution is -0.154. The maximum absolute atomic E-state index is 12.0. The second-order valence-corrected chi connectivity index (χ2v) is 5.30. The molecule has 98 valence electrons. The predicted octanol–water partition coefficient (Wildman–Crippen LogP) is 1.47. The number of rotatable bonds is 6. The summed E-state index contributed by atoms with van der Waals surface area (Å²) in [5, 5.41) is 0. The number of hydrogen-bond acceptors (Lipinski definition) is 4. The SMILES string of the molecule is COC(=O)C(CN)(CCC1CCCO1)C1CC1. The molecule has 0 spiro atoms. The molecule has 2 rings (SSSR count). The van der Waals surface area contributed by atoms with Crippen LogP contribution in [0.5, 0.6) is 0 Å². The molecule has 0 aromatic carbocycles. The first-order valence-corrected chi connectivity index (χ1v) is 6.63. The number of nitrogens with two attached hydrogens (primary N) is 1. The van der Waals surface area contributed by atoms with Gasteiger partial charge in [-0.3, -0.25) is 4.79 Å². The van der Waals surface area contributed by atoms with Crippen molar-refractivity contribution in [2.24, 2.45) is 17.1 Å². The molecular formula is C13H23NO3. The van der Waals surface area contributed by atoms with Crippen LogP contribution in [-0.4, -0.2) is 32.3 Å². The van der Waals surface area contributed by atoms with Crippen molar-refractivity contribution >= 4 is 5.97 Å². The summed E-state index contributed by atoms with van der Waals surface area (Å²) in [6, 6.07) is 0. The van der Waals surface area contributed by atoms with E-state index in [-0.39, 0.29) is 5.97 Å². The van der Waals surface area contributed by atoms with E-state index in [1.807, 2.05) is 0 Å². The molecule has 0 aromatic heterocycles. The largest absolute Gasteiger partial charge is 0.469 e. The van der Waals surface area contributed by atoms with E-state index >= 15 is 0 Å². The second-order valence-electron chi connectivity index (χ2n) is 5.30. The van der Waals surface area contributed by atoms with Crippen molar-refractivity contribution in [1.82, 2.24) is 0 Å². The van der Waals surface area contributed by atoms with Crippen molar-refractivity contribution in [2.75, 3.05) is 20.3 Å². The minimum absolute atomic E-state index is 0.125. The summed E-state index contributed by atoms with van der Waals surface area (Å²) in [6.07, 6.45) is 6.54. The fourth-order valence-corrected chi connectivity index (χ4v) is 2.95. The van der Waals surface area contributed by atoms with E-state index < -0.39 is 5.41 Å². The smallest absolute Gasteiger partial charge is 0.313 e. The first-order chi connectivity index (χ1) is 8.23. The highest BCUT2D eigenvalue weighted by atomic mass is 16.5. The Bertz CT molecular complexity index is 272. The Morgan fingerprint density at radius 2 is 2.24 bits per heavy atom. The third-order valence-electron chi connectivity index (χ3n) is 4.25. The lowest BCUT2D eigenvalue weighted by atomic mass is 9.77. The van der Waals surface area contributed by atoms with Gasteiger partial charge in [-0.05, 0) is 44.4 Å². The highest BCUT2D eigenvalue weighted by molar-refractivity contribution is 5.78. The molecule has 2 N–H and O–H groups in total. The third kappa shape index (κ3) is 2.63. The fourth-order valence-electron chi connectivity index (χ4n) is 2.95. The molecule has 1 saturated heterocycles. The minimum Gasteiger partial charge on any atom is -0.469 e. The molecule has 1 saturated carbocycles. The van der Waals surface area contributed by atoms with Crippen LogP contribution in [0.4, 0.5) is 0 Å². The summed E-state index contributed by atoms with van der Waals surface area (Å²) in [4.78, 5) is 12.0. The molecule has 0 bridgehead atoms. The zero-order valence-electron chi connectivity index (χ0n) is 10.6. The molecule has 0 amide bonds. The van der Waals surface area contributed by atoms with Crippen LogP contribution in [0.1, 0.15) is 38.5 Å². The van der Waals surface area contributed by atoms with Crippen LogP contribution in [-0.2, 0) is 14.3 Å². The van der Waals surface area contributed by atoms with Gasteiger partial charge in [0, 0.05) is 13.2 Å².